The number of nitrogens with zero attached hydrogens (tertiary/aromatic N) is 1. The van der Waals surface area contributed by atoms with Crippen LogP contribution >= 0.6 is 11.6 Å². The number of halogens is 1. The van der Waals surface area contributed by atoms with E-state index in [1.165, 1.54) is 7.11 Å². The van der Waals surface area contributed by atoms with Crippen LogP contribution in [0.15, 0.2) is 18.2 Å². The highest BCUT2D eigenvalue weighted by molar-refractivity contribution is 6.31. The summed E-state index contributed by atoms with van der Waals surface area (Å²) in [6.07, 6.45) is 0. The van der Waals surface area contributed by atoms with Crippen molar-refractivity contribution in [2.75, 3.05) is 7.11 Å². The van der Waals surface area contributed by atoms with Gasteiger partial charge < -0.3 is 4.74 Å². The van der Waals surface area contributed by atoms with Gasteiger partial charge in [0.25, 0.3) is 0 Å². The molecule has 5 heteroatoms. The first-order chi connectivity index (χ1) is 7.72. The second kappa shape index (κ2) is 5.51. The lowest BCUT2D eigenvalue weighted by molar-refractivity contribution is 0.0596. The number of hydrogen-bond acceptors (Lipinski definition) is 3. The van der Waals surface area contributed by atoms with Crippen molar-refractivity contribution < 1.29 is 9.53 Å². The summed E-state index contributed by atoms with van der Waals surface area (Å²) in [4.78, 5) is 11.2. The summed E-state index contributed by atoms with van der Waals surface area (Å²) >= 11 is 5.78. The highest BCUT2D eigenvalue weighted by Gasteiger charge is 2.13. The molecule has 1 aromatic carbocycles. The van der Waals surface area contributed by atoms with Gasteiger partial charge in [-0.05, 0) is 18.2 Å². The van der Waals surface area contributed by atoms with Gasteiger partial charge in [0.1, 0.15) is 0 Å². The zero-order valence-corrected chi connectivity index (χ0v) is 10.1. The van der Waals surface area contributed by atoms with Gasteiger partial charge in [0.2, 0.25) is 0 Å². The van der Waals surface area contributed by atoms with Crippen LogP contribution in [0.5, 0.6) is 0 Å². The molecule has 0 bridgehead atoms. The summed E-state index contributed by atoms with van der Waals surface area (Å²) in [6.45, 7) is 4.00. The number of esters is 1. The van der Waals surface area contributed by atoms with E-state index < -0.39 is 5.97 Å². The molecule has 1 N–H and O–H groups in total. The Morgan fingerprint density at radius 1 is 1.44 bits per heavy atom. The number of benzene rings is 1. The number of carbonyl (C=O) groups is 1. The third kappa shape index (κ3) is 2.33. The summed E-state index contributed by atoms with van der Waals surface area (Å²) in [5, 5.41) is 7.86. The Hall–Kier alpha value is -1.55. The Morgan fingerprint density at radius 3 is 2.75 bits per heavy atom. The van der Waals surface area contributed by atoms with E-state index >= 15 is 0 Å². The Bertz CT molecular complexity index is 494. The number of fused-ring (bicyclic) bond motifs is 1. The lowest BCUT2D eigenvalue weighted by Crippen LogP contribution is -2.01. The first kappa shape index (κ1) is 12.5. The normalized spacial score (nSPS) is 9.50. The Morgan fingerprint density at radius 2 is 2.12 bits per heavy atom. The van der Waals surface area contributed by atoms with Crippen LogP contribution in [0.1, 0.15) is 24.3 Å². The smallest absolute Gasteiger partial charge is 0.359 e. The van der Waals surface area contributed by atoms with Crippen LogP contribution in [0.25, 0.3) is 10.9 Å². The van der Waals surface area contributed by atoms with Gasteiger partial charge in [-0.2, -0.15) is 5.10 Å². The number of aromatic amines is 1. The summed E-state index contributed by atoms with van der Waals surface area (Å²) in [5.41, 5.74) is 0.997. The fourth-order valence-electron chi connectivity index (χ4n) is 1.24. The van der Waals surface area contributed by atoms with Crippen LogP contribution in [0.4, 0.5) is 0 Å². The predicted octanol–water partition coefficient (Wildman–Crippen LogP) is 3.03. The molecule has 0 aliphatic rings. The van der Waals surface area contributed by atoms with Crippen LogP contribution < -0.4 is 0 Å². The van der Waals surface area contributed by atoms with Gasteiger partial charge in [-0.3, -0.25) is 5.10 Å². The molecule has 0 aliphatic carbocycles. The van der Waals surface area contributed by atoms with Crippen molar-refractivity contribution >= 4 is 28.5 Å². The van der Waals surface area contributed by atoms with Gasteiger partial charge in [0.05, 0.1) is 12.6 Å². The van der Waals surface area contributed by atoms with Gasteiger partial charge in [0.15, 0.2) is 5.69 Å². The van der Waals surface area contributed by atoms with Crippen molar-refractivity contribution in [3.8, 4) is 0 Å². The van der Waals surface area contributed by atoms with Crippen molar-refractivity contribution in [2.45, 2.75) is 13.8 Å². The van der Waals surface area contributed by atoms with Gasteiger partial charge in [-0.25, -0.2) is 4.79 Å². The monoisotopic (exact) mass is 240 g/mol. The average molecular weight is 241 g/mol. The standard InChI is InChI=1S/C9H7ClN2O2.C2H6/c1-14-9(13)8-6-3-2-5(10)4-7(6)11-12-8;1-2/h2-4H,1H3,(H,11,12);1-2H3. The van der Waals surface area contributed by atoms with E-state index in [-0.39, 0.29) is 5.69 Å². The van der Waals surface area contributed by atoms with Gasteiger partial charge in [-0.1, -0.05) is 25.4 Å². The number of aromatic nitrogens is 2. The fourth-order valence-corrected chi connectivity index (χ4v) is 1.42. The zero-order valence-electron chi connectivity index (χ0n) is 9.37. The van der Waals surface area contributed by atoms with E-state index in [4.69, 9.17) is 11.6 Å². The van der Waals surface area contributed by atoms with Crippen molar-refractivity contribution in [2.24, 2.45) is 0 Å². The van der Waals surface area contributed by atoms with E-state index in [0.717, 1.165) is 5.52 Å². The molecule has 86 valence electrons. The predicted molar refractivity (Wildman–Crippen MR) is 63.8 cm³/mol. The molecule has 0 unspecified atom stereocenters. The maximum Gasteiger partial charge on any atom is 0.359 e. The van der Waals surface area contributed by atoms with Crippen LogP contribution in [0.3, 0.4) is 0 Å². The molecule has 0 saturated heterocycles. The highest BCUT2D eigenvalue weighted by Crippen LogP contribution is 2.20. The molecule has 2 rings (SSSR count). The molecule has 1 aromatic heterocycles. The number of methoxy groups -OCH3 is 1. The van der Waals surface area contributed by atoms with E-state index in [2.05, 4.69) is 14.9 Å². The minimum absolute atomic E-state index is 0.277. The Kier molecular flexibility index (Phi) is 4.31. The molecule has 0 radical (unpaired) electrons. The lowest BCUT2D eigenvalue weighted by Gasteiger charge is -1.94. The van der Waals surface area contributed by atoms with Crippen LogP contribution in [-0.4, -0.2) is 23.3 Å². The molecule has 16 heavy (non-hydrogen) atoms. The van der Waals surface area contributed by atoms with E-state index in [9.17, 15) is 4.79 Å². The quantitative estimate of drug-likeness (QED) is 0.780. The van der Waals surface area contributed by atoms with Crippen LogP contribution in [0, 0.1) is 0 Å². The van der Waals surface area contributed by atoms with Gasteiger partial charge in [-0.15, -0.1) is 0 Å². The molecule has 1 heterocycles. The first-order valence-corrected chi connectivity index (χ1v) is 5.32. The largest absolute Gasteiger partial charge is 0.464 e. The SMILES string of the molecule is CC.COC(=O)c1n[nH]c2cc(Cl)ccc12. The van der Waals surface area contributed by atoms with E-state index in [1.54, 1.807) is 18.2 Å². The molecule has 2 aromatic rings. The second-order valence-corrected chi connectivity index (χ2v) is 3.19. The van der Waals surface area contributed by atoms with Crippen LogP contribution in [0.2, 0.25) is 5.02 Å². The molecule has 0 atom stereocenters. The van der Waals surface area contributed by atoms with Crippen molar-refractivity contribution in [1.29, 1.82) is 0 Å². The Balaban J connectivity index is 0.000000606. The average Bonchev–Trinajstić information content (AvgIpc) is 2.73. The molecule has 0 aliphatic heterocycles. The highest BCUT2D eigenvalue weighted by atomic mass is 35.5. The topological polar surface area (TPSA) is 55.0 Å². The van der Waals surface area contributed by atoms with Crippen molar-refractivity contribution in [1.82, 2.24) is 10.2 Å². The summed E-state index contributed by atoms with van der Waals surface area (Å²) in [6, 6.07) is 5.13. The summed E-state index contributed by atoms with van der Waals surface area (Å²) in [5.74, 6) is -0.460. The number of nitrogens with one attached hydrogen (secondary N) is 1. The molecule has 0 spiro atoms. The van der Waals surface area contributed by atoms with Crippen molar-refractivity contribution in [3.05, 3.63) is 28.9 Å². The van der Waals surface area contributed by atoms with Crippen molar-refractivity contribution in [3.63, 3.8) is 0 Å². The molecular formula is C11H13ClN2O2. The zero-order chi connectivity index (χ0) is 12.1. The molecule has 0 fully saturated rings. The molecule has 0 saturated carbocycles. The minimum Gasteiger partial charge on any atom is -0.464 e. The maximum absolute atomic E-state index is 11.2. The van der Waals surface area contributed by atoms with Crippen LogP contribution in [-0.2, 0) is 4.74 Å². The molecular weight excluding hydrogens is 228 g/mol. The number of hydrogen-bond donors (Lipinski definition) is 1. The van der Waals surface area contributed by atoms with E-state index in [1.807, 2.05) is 13.8 Å². The third-order valence-electron chi connectivity index (χ3n) is 1.90. The van der Waals surface area contributed by atoms with Gasteiger partial charge in [0, 0.05) is 10.4 Å². The lowest BCUT2D eigenvalue weighted by atomic mass is 10.2. The molecule has 4 nitrogen and oxygen atoms in total. The number of H-pyrrole nitrogens is 1. The maximum atomic E-state index is 11.2. The summed E-state index contributed by atoms with van der Waals surface area (Å²) in [7, 11) is 1.32. The number of carbonyl (C=O) groups excluding carboxylic acids is 1. The minimum atomic E-state index is -0.460. The van der Waals surface area contributed by atoms with E-state index in [0.29, 0.717) is 10.4 Å². The number of rotatable bonds is 1. The first-order valence-electron chi connectivity index (χ1n) is 4.94. The fraction of sp³-hybridized carbons (Fsp3) is 0.273. The number of ether oxygens (including phenoxy) is 1. The third-order valence-corrected chi connectivity index (χ3v) is 2.14. The molecule has 0 amide bonds. The second-order valence-electron chi connectivity index (χ2n) is 2.75. The Labute approximate surface area is 98.6 Å². The summed E-state index contributed by atoms with van der Waals surface area (Å²) < 4.78 is 4.58. The van der Waals surface area contributed by atoms with Gasteiger partial charge >= 0.3 is 5.97 Å².